The van der Waals surface area contributed by atoms with Crippen LogP contribution in [0.5, 0.6) is 0 Å². The van der Waals surface area contributed by atoms with Gasteiger partial charge < -0.3 is 15.0 Å². The number of carbonyl (C=O) groups excluding carboxylic acids is 1. The Kier molecular flexibility index (Phi) is 3.05. The van der Waals surface area contributed by atoms with Gasteiger partial charge in [-0.05, 0) is 12.1 Å². The van der Waals surface area contributed by atoms with E-state index in [4.69, 9.17) is 5.11 Å². The maximum Gasteiger partial charge on any atom is 0.354 e. The third-order valence-electron chi connectivity index (χ3n) is 2.15. The summed E-state index contributed by atoms with van der Waals surface area (Å²) in [6.07, 6.45) is 3.05. The highest BCUT2D eigenvalue weighted by molar-refractivity contribution is 6.02. The van der Waals surface area contributed by atoms with Gasteiger partial charge in [-0.2, -0.15) is 0 Å². The van der Waals surface area contributed by atoms with E-state index >= 15 is 0 Å². The van der Waals surface area contributed by atoms with Crippen molar-refractivity contribution in [2.75, 3.05) is 5.32 Å². The van der Waals surface area contributed by atoms with Crippen LogP contribution in [0.1, 0.15) is 21.0 Å². The van der Waals surface area contributed by atoms with Gasteiger partial charge in [0.1, 0.15) is 11.5 Å². The second-order valence-corrected chi connectivity index (χ2v) is 3.59. The number of nitrogens with zero attached hydrogens (tertiary/aromatic N) is 3. The predicted octanol–water partition coefficient (Wildman–Crippen LogP) is 0.766. The highest BCUT2D eigenvalue weighted by atomic mass is 16.4. The van der Waals surface area contributed by atoms with Crippen LogP contribution in [0.4, 0.5) is 5.82 Å². The maximum atomic E-state index is 11.7. The first kappa shape index (κ1) is 11.8. The molecule has 0 aromatic carbocycles. The third-order valence-corrected chi connectivity index (χ3v) is 2.15. The van der Waals surface area contributed by atoms with Crippen LogP contribution in [-0.4, -0.2) is 31.5 Å². The quantitative estimate of drug-likeness (QED) is 0.833. The highest BCUT2D eigenvalue weighted by Crippen LogP contribution is 2.06. The summed E-state index contributed by atoms with van der Waals surface area (Å²) < 4.78 is 1.63. The van der Waals surface area contributed by atoms with E-state index in [1.165, 1.54) is 24.5 Å². The van der Waals surface area contributed by atoms with Gasteiger partial charge in [0.15, 0.2) is 5.69 Å². The van der Waals surface area contributed by atoms with Crippen molar-refractivity contribution in [1.29, 1.82) is 0 Å². The number of anilines is 1. The van der Waals surface area contributed by atoms with Crippen LogP contribution in [0.3, 0.4) is 0 Å². The number of nitrogens with one attached hydrogen (secondary N) is 1. The van der Waals surface area contributed by atoms with Gasteiger partial charge in [0.05, 0.1) is 6.33 Å². The average molecular weight is 246 g/mol. The number of hydrogen-bond donors (Lipinski definition) is 2. The zero-order valence-electron chi connectivity index (χ0n) is 9.49. The molecule has 0 spiro atoms. The minimum absolute atomic E-state index is 0.131. The first-order valence-electron chi connectivity index (χ1n) is 5.06. The van der Waals surface area contributed by atoms with Crippen LogP contribution in [0.15, 0.2) is 30.7 Å². The van der Waals surface area contributed by atoms with Crippen molar-refractivity contribution in [3.05, 3.63) is 42.1 Å². The van der Waals surface area contributed by atoms with Crippen LogP contribution >= 0.6 is 0 Å². The normalized spacial score (nSPS) is 10.1. The molecular weight excluding hydrogens is 236 g/mol. The Hall–Kier alpha value is -2.70. The predicted molar refractivity (Wildman–Crippen MR) is 62.4 cm³/mol. The second-order valence-electron chi connectivity index (χ2n) is 3.59. The number of hydrogen-bond acceptors (Lipinski definition) is 4. The fourth-order valence-corrected chi connectivity index (χ4v) is 1.33. The molecule has 0 aliphatic heterocycles. The SMILES string of the molecule is Cn1cnc(C(=O)Nc2cccc(C(=O)O)n2)c1. The minimum atomic E-state index is -1.15. The molecule has 7 heteroatoms. The summed E-state index contributed by atoms with van der Waals surface area (Å²) in [4.78, 5) is 30.1. The van der Waals surface area contributed by atoms with Crippen molar-refractivity contribution >= 4 is 17.7 Å². The molecule has 2 rings (SSSR count). The van der Waals surface area contributed by atoms with Gasteiger partial charge in [0, 0.05) is 13.2 Å². The van der Waals surface area contributed by atoms with Crippen molar-refractivity contribution in [3.8, 4) is 0 Å². The Bertz CT molecular complexity index is 606. The van der Waals surface area contributed by atoms with Crippen LogP contribution in [0, 0.1) is 0 Å². The molecule has 0 saturated heterocycles. The van der Waals surface area contributed by atoms with Crippen LogP contribution in [0.2, 0.25) is 0 Å². The van der Waals surface area contributed by atoms with Gasteiger partial charge >= 0.3 is 5.97 Å². The van der Waals surface area contributed by atoms with Crippen molar-refractivity contribution in [1.82, 2.24) is 14.5 Å². The zero-order valence-corrected chi connectivity index (χ0v) is 9.49. The number of aryl methyl sites for hydroxylation is 1. The molecule has 0 aliphatic rings. The molecule has 2 aromatic heterocycles. The third kappa shape index (κ3) is 2.51. The molecule has 2 heterocycles. The first-order chi connectivity index (χ1) is 8.56. The molecule has 2 N–H and O–H groups in total. The summed E-state index contributed by atoms with van der Waals surface area (Å²) in [6, 6.07) is 4.36. The van der Waals surface area contributed by atoms with Crippen LogP contribution < -0.4 is 5.32 Å². The van der Waals surface area contributed by atoms with Crippen molar-refractivity contribution < 1.29 is 14.7 Å². The molecule has 0 aliphatic carbocycles. The molecule has 0 bridgehead atoms. The summed E-state index contributed by atoms with van der Waals surface area (Å²) in [5.41, 5.74) is 0.105. The Morgan fingerprint density at radius 1 is 1.33 bits per heavy atom. The number of rotatable bonds is 3. The van der Waals surface area contributed by atoms with Crippen molar-refractivity contribution in [2.45, 2.75) is 0 Å². The molecule has 0 unspecified atom stereocenters. The number of amides is 1. The zero-order chi connectivity index (χ0) is 13.1. The van der Waals surface area contributed by atoms with Gasteiger partial charge in [-0.15, -0.1) is 0 Å². The molecule has 1 amide bonds. The number of pyridine rings is 1. The Morgan fingerprint density at radius 2 is 2.11 bits per heavy atom. The monoisotopic (exact) mass is 246 g/mol. The van der Waals surface area contributed by atoms with Crippen molar-refractivity contribution in [2.24, 2.45) is 7.05 Å². The standard InChI is InChI=1S/C11H10N4O3/c1-15-5-8(12-6-15)10(16)14-9-4-2-3-7(13-9)11(17)18/h2-6H,1H3,(H,17,18)(H,13,14,16). The van der Waals surface area contributed by atoms with Crippen LogP contribution in [-0.2, 0) is 7.05 Å². The number of carbonyl (C=O) groups is 2. The smallest absolute Gasteiger partial charge is 0.354 e. The molecule has 0 saturated carbocycles. The van der Waals surface area contributed by atoms with Gasteiger partial charge in [-0.1, -0.05) is 6.07 Å². The summed E-state index contributed by atoms with van der Waals surface area (Å²) in [5.74, 6) is -1.42. The summed E-state index contributed by atoms with van der Waals surface area (Å²) in [6.45, 7) is 0. The Labute approximate surface area is 102 Å². The lowest BCUT2D eigenvalue weighted by molar-refractivity contribution is 0.0690. The summed E-state index contributed by atoms with van der Waals surface area (Å²) in [5, 5.41) is 11.3. The van der Waals surface area contributed by atoms with E-state index < -0.39 is 11.9 Å². The number of carboxylic acid groups (broad SMARTS) is 1. The lowest BCUT2D eigenvalue weighted by atomic mass is 10.3. The molecule has 0 fully saturated rings. The van der Waals surface area contributed by atoms with Crippen molar-refractivity contribution in [3.63, 3.8) is 0 Å². The van der Waals surface area contributed by atoms with E-state index in [1.54, 1.807) is 17.8 Å². The first-order valence-corrected chi connectivity index (χ1v) is 5.06. The number of aromatic carboxylic acids is 1. The number of aromatic nitrogens is 3. The summed E-state index contributed by atoms with van der Waals surface area (Å²) in [7, 11) is 1.74. The van der Waals surface area contributed by atoms with Gasteiger partial charge in [-0.25, -0.2) is 14.8 Å². The van der Waals surface area contributed by atoms with E-state index in [0.717, 1.165) is 0 Å². The van der Waals surface area contributed by atoms with E-state index in [0.29, 0.717) is 0 Å². The molecule has 0 radical (unpaired) electrons. The number of carboxylic acids is 1. The fourth-order valence-electron chi connectivity index (χ4n) is 1.33. The fraction of sp³-hybridized carbons (Fsp3) is 0.0909. The lowest BCUT2D eigenvalue weighted by Gasteiger charge is -2.02. The number of imidazole rings is 1. The van der Waals surface area contributed by atoms with E-state index in [1.807, 2.05) is 0 Å². The maximum absolute atomic E-state index is 11.7. The molecule has 7 nitrogen and oxygen atoms in total. The largest absolute Gasteiger partial charge is 0.477 e. The highest BCUT2D eigenvalue weighted by Gasteiger charge is 2.11. The minimum Gasteiger partial charge on any atom is -0.477 e. The molecule has 18 heavy (non-hydrogen) atoms. The van der Waals surface area contributed by atoms with Gasteiger partial charge in [0.25, 0.3) is 5.91 Å². The molecule has 2 aromatic rings. The van der Waals surface area contributed by atoms with Gasteiger partial charge in [0.2, 0.25) is 0 Å². The Morgan fingerprint density at radius 3 is 2.72 bits per heavy atom. The average Bonchev–Trinajstić information content (AvgIpc) is 2.76. The van der Waals surface area contributed by atoms with E-state index in [-0.39, 0.29) is 17.2 Å². The second kappa shape index (κ2) is 4.66. The lowest BCUT2D eigenvalue weighted by Crippen LogP contribution is -2.14. The summed E-state index contributed by atoms with van der Waals surface area (Å²) >= 11 is 0. The van der Waals surface area contributed by atoms with Crippen LogP contribution in [0.25, 0.3) is 0 Å². The van der Waals surface area contributed by atoms with E-state index in [2.05, 4.69) is 15.3 Å². The van der Waals surface area contributed by atoms with Gasteiger partial charge in [-0.3, -0.25) is 4.79 Å². The molecule has 92 valence electrons. The van der Waals surface area contributed by atoms with E-state index in [9.17, 15) is 9.59 Å². The molecular formula is C11H10N4O3. The topological polar surface area (TPSA) is 97.1 Å². The Balaban J connectivity index is 2.16. The molecule has 0 atom stereocenters.